The molecule has 0 radical (unpaired) electrons. The third-order valence-electron chi connectivity index (χ3n) is 11.2. The second-order valence-electron chi connectivity index (χ2n) is 12.7. The SMILES string of the molecule is CS(=O)(=O)NCc1csc2c1S(=O)(=O)N=C(C1C(=O)C3C4C5C6C4C4C6C5C4C3N(Cc3ccc(F)cc3)C1=O)N2. The van der Waals surface area contributed by atoms with Gasteiger partial charge in [0.2, 0.25) is 15.9 Å². The van der Waals surface area contributed by atoms with Gasteiger partial charge in [0.1, 0.15) is 21.5 Å². The highest BCUT2D eigenvalue weighted by atomic mass is 32.2. The van der Waals surface area contributed by atoms with Gasteiger partial charge in [-0.2, -0.15) is 8.42 Å². The fourth-order valence-corrected chi connectivity index (χ4v) is 13.1. The molecule has 2 N–H and O–H groups in total. The van der Waals surface area contributed by atoms with E-state index in [0.29, 0.717) is 29.6 Å². The van der Waals surface area contributed by atoms with Crippen LogP contribution in [-0.2, 0) is 42.7 Å². The second kappa shape index (κ2) is 7.63. The highest BCUT2D eigenvalue weighted by Gasteiger charge is 2.92. The fourth-order valence-electron chi connectivity index (χ4n) is 10.1. The van der Waals surface area contributed by atoms with Gasteiger partial charge >= 0.3 is 0 Å². The van der Waals surface area contributed by atoms with Crippen LogP contribution in [0.3, 0.4) is 0 Å². The van der Waals surface area contributed by atoms with Gasteiger partial charge in [-0.15, -0.1) is 15.7 Å². The van der Waals surface area contributed by atoms with Gasteiger partial charge in [-0.1, -0.05) is 12.1 Å². The molecule has 7 atom stereocenters. The Morgan fingerprint density at radius 1 is 1.02 bits per heavy atom. The first-order chi connectivity index (χ1) is 19.5. The van der Waals surface area contributed by atoms with E-state index < -0.39 is 31.9 Å². The van der Waals surface area contributed by atoms with E-state index in [1.54, 1.807) is 17.0 Å². The van der Waals surface area contributed by atoms with Crippen LogP contribution in [0, 0.1) is 65.0 Å². The minimum Gasteiger partial charge on any atom is -0.333 e. The van der Waals surface area contributed by atoms with Gasteiger partial charge in [-0.3, -0.25) is 9.59 Å². The van der Waals surface area contributed by atoms with Crippen molar-refractivity contribution in [3.05, 3.63) is 46.6 Å². The maximum Gasteiger partial charge on any atom is 0.287 e. The lowest BCUT2D eigenvalue weighted by Gasteiger charge is -2.95. The van der Waals surface area contributed by atoms with Crippen LogP contribution in [0.2, 0.25) is 0 Å². The number of amides is 1. The number of sulfonamides is 2. The van der Waals surface area contributed by atoms with Gasteiger partial charge in [-0.05, 0) is 70.4 Å². The first-order valence-electron chi connectivity index (χ1n) is 13.7. The molecule has 7 unspecified atom stereocenters. The Morgan fingerprint density at radius 2 is 1.66 bits per heavy atom. The van der Waals surface area contributed by atoms with Crippen molar-refractivity contribution in [1.29, 1.82) is 0 Å². The number of ketones is 1. The lowest BCUT2D eigenvalue weighted by Crippen LogP contribution is -2.95. The van der Waals surface area contributed by atoms with Crippen molar-refractivity contribution in [3.63, 3.8) is 0 Å². The Kier molecular flexibility index (Phi) is 4.63. The van der Waals surface area contributed by atoms with Gasteiger partial charge < -0.3 is 10.2 Å². The molecular formula is C27H25FN4O6S3. The zero-order valence-electron chi connectivity index (χ0n) is 21.6. The molecule has 0 spiro atoms. The molecule has 10 nitrogen and oxygen atoms in total. The summed E-state index contributed by atoms with van der Waals surface area (Å²) >= 11 is 1.05. The van der Waals surface area contributed by atoms with Gasteiger partial charge in [-0.25, -0.2) is 17.5 Å². The largest absolute Gasteiger partial charge is 0.333 e. The van der Waals surface area contributed by atoms with E-state index in [-0.39, 0.29) is 63.9 Å². The molecule has 8 aliphatic rings. The number of hydrogen-bond acceptors (Lipinski definition) is 8. The van der Waals surface area contributed by atoms with Crippen molar-refractivity contribution in [2.24, 2.45) is 63.6 Å². The molecule has 1 saturated heterocycles. The number of halogens is 1. The first-order valence-corrected chi connectivity index (χ1v) is 17.9. The normalized spacial score (nSPS) is 41.5. The number of nitrogens with zero attached hydrogens (tertiary/aromatic N) is 2. The van der Waals surface area contributed by atoms with Crippen LogP contribution >= 0.6 is 11.3 Å². The maximum atomic E-state index is 14.3. The summed E-state index contributed by atoms with van der Waals surface area (Å²) in [7, 11) is -7.90. The smallest absolute Gasteiger partial charge is 0.287 e. The van der Waals surface area contributed by atoms with E-state index in [2.05, 4.69) is 14.4 Å². The molecule has 2 aromatic rings. The summed E-state index contributed by atoms with van der Waals surface area (Å²) in [6.07, 6.45) is 0.979. The highest BCUT2D eigenvalue weighted by Crippen LogP contribution is 2.93. The van der Waals surface area contributed by atoms with E-state index in [0.717, 1.165) is 35.0 Å². The van der Waals surface area contributed by atoms with Crippen LogP contribution in [0.25, 0.3) is 0 Å². The molecule has 2 bridgehead atoms. The third-order valence-corrected chi connectivity index (χ3v) is 14.3. The lowest BCUT2D eigenvalue weighted by atomic mass is 9.09. The summed E-state index contributed by atoms with van der Waals surface area (Å²) in [6, 6.07) is 5.74. The van der Waals surface area contributed by atoms with Crippen molar-refractivity contribution >= 4 is 53.9 Å². The summed E-state index contributed by atoms with van der Waals surface area (Å²) in [5, 5.41) is 4.69. The summed E-state index contributed by atoms with van der Waals surface area (Å²) in [4.78, 5) is 30.1. The summed E-state index contributed by atoms with van der Waals surface area (Å²) in [5.74, 6) is 1.14. The average Bonchev–Trinajstić information content (AvgIpc) is 3.30. The van der Waals surface area contributed by atoms with E-state index >= 15 is 0 Å². The zero-order chi connectivity index (χ0) is 28.3. The van der Waals surface area contributed by atoms with Crippen molar-refractivity contribution in [2.45, 2.75) is 24.0 Å². The summed E-state index contributed by atoms with van der Waals surface area (Å²) < 4.78 is 69.9. The van der Waals surface area contributed by atoms with Crippen LogP contribution in [0.1, 0.15) is 11.1 Å². The number of carbonyl (C=O) groups excluding carboxylic acids is 2. The Morgan fingerprint density at radius 3 is 2.32 bits per heavy atom. The monoisotopic (exact) mass is 616 g/mol. The molecule has 6 saturated carbocycles. The topological polar surface area (TPSA) is 142 Å². The average molecular weight is 617 g/mol. The third kappa shape index (κ3) is 2.96. The van der Waals surface area contributed by atoms with Gasteiger partial charge in [0, 0.05) is 30.6 Å². The van der Waals surface area contributed by atoms with Crippen LogP contribution in [0.5, 0.6) is 0 Å². The molecule has 214 valence electrons. The Labute approximate surface area is 239 Å². The lowest BCUT2D eigenvalue weighted by molar-refractivity contribution is -0.479. The molecule has 1 amide bonds. The molecule has 6 aliphatic carbocycles. The quantitative estimate of drug-likeness (QED) is 0.470. The number of benzene rings is 1. The molecule has 2 aliphatic heterocycles. The van der Waals surface area contributed by atoms with Gasteiger partial charge in [0.05, 0.1) is 6.26 Å². The van der Waals surface area contributed by atoms with Gasteiger partial charge in [0.15, 0.2) is 11.7 Å². The number of amidine groups is 1. The van der Waals surface area contributed by atoms with Crippen molar-refractivity contribution in [1.82, 2.24) is 9.62 Å². The number of nitrogens with one attached hydrogen (secondary N) is 2. The summed E-state index contributed by atoms with van der Waals surface area (Å²) in [6.45, 7) is -0.0228. The first kappa shape index (κ1) is 24.9. The second-order valence-corrected chi connectivity index (χ2v) is 16.9. The summed E-state index contributed by atoms with van der Waals surface area (Å²) in [5.41, 5.74) is 0.977. The predicted octanol–water partition coefficient (Wildman–Crippen LogP) is 1.66. The van der Waals surface area contributed by atoms with Crippen LogP contribution < -0.4 is 10.0 Å². The van der Waals surface area contributed by atoms with Crippen LogP contribution in [-0.4, -0.2) is 51.6 Å². The maximum absolute atomic E-state index is 14.3. The number of piperidine rings is 1. The molecule has 41 heavy (non-hydrogen) atoms. The van der Waals surface area contributed by atoms with Crippen LogP contribution in [0.4, 0.5) is 9.39 Å². The number of Topliss-reactive ketones (excluding diaryl/α,β-unsaturated/α-hetero) is 1. The van der Waals surface area contributed by atoms with E-state index in [1.165, 1.54) is 17.5 Å². The standard InChI is InChI=1S/C27H25FN4O6S3/c1-40(35,36)29-6-10-8-39-26-24(10)41(37,38)31-25(30-26)21-23(33)20-18-14-12-13-16(14)19(17(13)15(12)18)22(20)32(27(21)34)7-9-2-4-11(28)5-3-9/h2-5,8,12-22,29H,6-7H2,1H3,(H,30,31). The Balaban J connectivity index is 1.09. The molecular weight excluding hydrogens is 592 g/mol. The van der Waals surface area contributed by atoms with Gasteiger partial charge in [0.25, 0.3) is 10.0 Å². The van der Waals surface area contributed by atoms with E-state index in [4.69, 9.17) is 0 Å². The minimum atomic E-state index is -4.33. The Hall–Kier alpha value is -2.68. The van der Waals surface area contributed by atoms with Crippen molar-refractivity contribution in [3.8, 4) is 0 Å². The molecule has 14 heteroatoms. The number of likely N-dealkylation sites (tertiary alicyclic amines) is 1. The molecule has 1 aromatic carbocycles. The number of carbonyl (C=O) groups is 2. The molecule has 7 fully saturated rings. The number of hydrogen-bond donors (Lipinski definition) is 2. The van der Waals surface area contributed by atoms with Crippen LogP contribution in [0.15, 0.2) is 38.9 Å². The van der Waals surface area contributed by atoms with Crippen molar-refractivity contribution in [2.75, 3.05) is 11.6 Å². The molecule has 10 rings (SSSR count). The number of anilines is 1. The predicted molar refractivity (Wildman–Crippen MR) is 145 cm³/mol. The number of rotatable bonds is 6. The highest BCUT2D eigenvalue weighted by molar-refractivity contribution is 7.91. The number of thiophene rings is 1. The zero-order valence-corrected chi connectivity index (χ0v) is 24.0. The van der Waals surface area contributed by atoms with E-state index in [9.17, 15) is 30.8 Å². The minimum absolute atomic E-state index is 0.152. The Bertz CT molecular complexity index is 1820. The number of fused-ring (bicyclic) bond motifs is 1. The van der Waals surface area contributed by atoms with Crippen molar-refractivity contribution < 1.29 is 30.8 Å². The fraction of sp³-hybridized carbons (Fsp3) is 0.519. The molecule has 3 heterocycles. The van der Waals surface area contributed by atoms with E-state index in [1.807, 2.05) is 0 Å². The molecule has 1 aromatic heterocycles.